The maximum absolute atomic E-state index is 13.0. The van der Waals surface area contributed by atoms with E-state index in [4.69, 9.17) is 18.9 Å². The molecule has 210 valence electrons. The second-order valence-electron chi connectivity index (χ2n) is 11.0. The van der Waals surface area contributed by atoms with Gasteiger partial charge >= 0.3 is 11.9 Å². The monoisotopic (exact) mass is 549 g/mol. The lowest BCUT2D eigenvalue weighted by Crippen LogP contribution is -2.47. The summed E-state index contributed by atoms with van der Waals surface area (Å²) in [5, 5.41) is 22.5. The highest BCUT2D eigenvalue weighted by molar-refractivity contribution is 7.07. The fourth-order valence-corrected chi connectivity index (χ4v) is 6.59. The molecule has 4 rings (SSSR count). The number of aliphatic hydroxyl groups is 2. The molecule has 2 N–H and O–H groups in total. The normalized spacial score (nSPS) is 37.7. The zero-order chi connectivity index (χ0) is 27.8. The van der Waals surface area contributed by atoms with Gasteiger partial charge in [-0.25, -0.2) is 14.6 Å². The van der Waals surface area contributed by atoms with Crippen molar-refractivity contribution in [3.63, 3.8) is 0 Å². The number of aliphatic hydroxyl groups excluding tert-OH is 2. The number of aromatic nitrogens is 1. The summed E-state index contributed by atoms with van der Waals surface area (Å²) in [5.74, 6) is -2.05. The quantitative estimate of drug-likeness (QED) is 0.389. The summed E-state index contributed by atoms with van der Waals surface area (Å²) < 4.78 is 24.2. The zero-order valence-corrected chi connectivity index (χ0v) is 23.6. The summed E-state index contributed by atoms with van der Waals surface area (Å²) >= 11 is 1.31. The first-order valence-corrected chi connectivity index (χ1v) is 14.2. The number of fused-ring (bicyclic) bond motifs is 1. The Morgan fingerprint density at radius 2 is 1.97 bits per heavy atom. The summed E-state index contributed by atoms with van der Waals surface area (Å²) in [6.45, 7) is 9.03. The maximum atomic E-state index is 13.0. The Morgan fingerprint density at radius 3 is 2.58 bits per heavy atom. The van der Waals surface area contributed by atoms with Crippen LogP contribution in [0.4, 0.5) is 0 Å². The number of cyclic esters (lactones) is 1. The summed E-state index contributed by atoms with van der Waals surface area (Å²) in [6, 6.07) is 0. The molecule has 0 unspecified atom stereocenters. The van der Waals surface area contributed by atoms with E-state index in [1.165, 1.54) is 18.4 Å². The average molecular weight is 550 g/mol. The Morgan fingerprint density at radius 1 is 1.24 bits per heavy atom. The number of carbonyl (C=O) groups excluding carboxylic acids is 2. The van der Waals surface area contributed by atoms with E-state index in [2.05, 4.69) is 17.1 Å². The fourth-order valence-electron chi connectivity index (χ4n) is 6.07. The van der Waals surface area contributed by atoms with Crippen LogP contribution >= 0.6 is 11.3 Å². The van der Waals surface area contributed by atoms with Gasteiger partial charge in [-0.2, -0.15) is 0 Å². The largest absolute Gasteiger partial charge is 0.457 e. The lowest BCUT2D eigenvalue weighted by molar-refractivity contribution is -0.172. The van der Waals surface area contributed by atoms with Crippen LogP contribution in [0.25, 0.3) is 0 Å². The first-order chi connectivity index (χ1) is 18.0. The molecule has 1 aromatic rings. The molecule has 11 atom stereocenters. The molecule has 0 saturated carbocycles. The van der Waals surface area contributed by atoms with E-state index in [-0.39, 0.29) is 23.4 Å². The van der Waals surface area contributed by atoms with Crippen LogP contribution in [0.3, 0.4) is 0 Å². The Hall–Kier alpha value is -2.11. The van der Waals surface area contributed by atoms with Gasteiger partial charge in [-0.15, -0.1) is 11.3 Å². The van der Waals surface area contributed by atoms with Crippen molar-refractivity contribution in [2.24, 2.45) is 23.7 Å². The Labute approximate surface area is 227 Å². The molecule has 2 aliphatic heterocycles. The van der Waals surface area contributed by atoms with Gasteiger partial charge in [0, 0.05) is 36.2 Å². The van der Waals surface area contributed by atoms with Crippen LogP contribution in [0.5, 0.6) is 0 Å². The molecule has 0 radical (unpaired) electrons. The molecule has 0 aromatic carbocycles. The number of carbonyl (C=O) groups is 2. The number of ether oxygens (including phenoxy) is 4. The first-order valence-electron chi connectivity index (χ1n) is 13.2. The van der Waals surface area contributed by atoms with Crippen LogP contribution in [-0.4, -0.2) is 76.5 Å². The molecule has 1 aromatic heterocycles. The van der Waals surface area contributed by atoms with Crippen LogP contribution in [0.15, 0.2) is 34.7 Å². The van der Waals surface area contributed by atoms with Gasteiger partial charge in [0.2, 0.25) is 0 Å². The van der Waals surface area contributed by atoms with Crippen LogP contribution in [0, 0.1) is 23.7 Å². The Kier molecular flexibility index (Phi) is 8.78. The van der Waals surface area contributed by atoms with Crippen molar-refractivity contribution in [1.29, 1.82) is 0 Å². The van der Waals surface area contributed by atoms with E-state index in [0.717, 1.165) is 5.57 Å². The second-order valence-corrected chi connectivity index (χ2v) is 11.7. The molecule has 38 heavy (non-hydrogen) atoms. The molecular formula is C28H39NO8S. The van der Waals surface area contributed by atoms with E-state index < -0.39 is 60.1 Å². The van der Waals surface area contributed by atoms with E-state index in [0.29, 0.717) is 12.8 Å². The zero-order valence-electron chi connectivity index (χ0n) is 22.8. The number of esters is 2. The van der Waals surface area contributed by atoms with Crippen LogP contribution in [0.1, 0.15) is 57.9 Å². The number of thiazole rings is 1. The van der Waals surface area contributed by atoms with Crippen LogP contribution < -0.4 is 0 Å². The molecule has 3 aliphatic rings. The van der Waals surface area contributed by atoms with Gasteiger partial charge in [0.1, 0.15) is 18.3 Å². The van der Waals surface area contributed by atoms with Crippen molar-refractivity contribution >= 4 is 23.3 Å². The molecule has 10 heteroatoms. The number of hydrogen-bond acceptors (Lipinski definition) is 10. The summed E-state index contributed by atoms with van der Waals surface area (Å²) in [6.07, 6.45) is 2.64. The smallest absolute Gasteiger partial charge is 0.358 e. The third kappa shape index (κ3) is 5.47. The van der Waals surface area contributed by atoms with Crippen molar-refractivity contribution < 1.29 is 38.7 Å². The molecule has 2 bridgehead atoms. The fraction of sp³-hybridized carbons (Fsp3) is 0.679. The van der Waals surface area contributed by atoms with Gasteiger partial charge in [-0.3, -0.25) is 0 Å². The third-order valence-corrected chi connectivity index (χ3v) is 9.01. The highest BCUT2D eigenvalue weighted by Crippen LogP contribution is 2.53. The van der Waals surface area contributed by atoms with Crippen molar-refractivity contribution in [1.82, 2.24) is 4.98 Å². The third-order valence-electron chi connectivity index (χ3n) is 8.43. The predicted molar refractivity (Wildman–Crippen MR) is 140 cm³/mol. The standard InChI is InChI=1S/C28H39NO8S/c1-14-9-15(2)28-11-19(7-8-20(28)10-22(34-6)27(33)35-23(14)18(5)31)25(37-28)24(16(3)17(4)30)36-26(32)21-12-38-13-29-21/h7-9,12-14,16-20,22-25,30-31H,10-11H2,1-6H3/b15-9+/t14-,16-,17+,18-,19-,20-,22+,23+,24-,25-,28+/m1/s1. The number of methoxy groups -OCH3 is 1. The topological polar surface area (TPSA) is 124 Å². The minimum atomic E-state index is -0.874. The second kappa shape index (κ2) is 11.6. The number of hydrogen-bond donors (Lipinski definition) is 2. The molecule has 1 saturated heterocycles. The van der Waals surface area contributed by atoms with Crippen molar-refractivity contribution in [2.75, 3.05) is 7.11 Å². The SMILES string of the molecule is CO[C@H]1C[C@H]2C=C[C@@H]3C[C@]2(O[C@H]3[C@H](OC(=O)c2cscn2)[C@H](C)[C@H](C)O)/C(C)=C/[C@@H](C)[C@@H]([C@@H](C)O)OC1=O. The van der Waals surface area contributed by atoms with E-state index >= 15 is 0 Å². The molecule has 3 heterocycles. The van der Waals surface area contributed by atoms with Gasteiger partial charge in [0.15, 0.2) is 11.8 Å². The lowest BCUT2D eigenvalue weighted by atomic mass is 9.69. The molecule has 1 fully saturated rings. The lowest BCUT2D eigenvalue weighted by Gasteiger charge is -2.41. The maximum Gasteiger partial charge on any atom is 0.358 e. The number of rotatable bonds is 7. The van der Waals surface area contributed by atoms with Crippen LogP contribution in [0.2, 0.25) is 0 Å². The van der Waals surface area contributed by atoms with E-state index in [1.807, 2.05) is 26.8 Å². The van der Waals surface area contributed by atoms with Gasteiger partial charge in [-0.1, -0.05) is 32.1 Å². The van der Waals surface area contributed by atoms with E-state index in [1.54, 1.807) is 24.7 Å². The minimum Gasteiger partial charge on any atom is -0.457 e. The van der Waals surface area contributed by atoms with E-state index in [9.17, 15) is 19.8 Å². The summed E-state index contributed by atoms with van der Waals surface area (Å²) in [5.41, 5.74) is 1.97. The predicted octanol–water partition coefficient (Wildman–Crippen LogP) is 3.31. The van der Waals surface area contributed by atoms with Crippen molar-refractivity contribution in [2.45, 2.75) is 89.7 Å². The highest BCUT2D eigenvalue weighted by atomic mass is 32.1. The molecular weight excluding hydrogens is 510 g/mol. The average Bonchev–Trinajstić information content (AvgIpc) is 3.51. The summed E-state index contributed by atoms with van der Waals surface area (Å²) in [4.78, 5) is 30.0. The van der Waals surface area contributed by atoms with Crippen LogP contribution in [-0.2, 0) is 23.7 Å². The highest BCUT2D eigenvalue weighted by Gasteiger charge is 2.57. The van der Waals surface area contributed by atoms with Crippen molar-refractivity contribution in [3.05, 3.63) is 40.4 Å². The van der Waals surface area contributed by atoms with Gasteiger partial charge in [-0.05, 0) is 39.2 Å². The minimum absolute atomic E-state index is 0.0808. The first kappa shape index (κ1) is 28.9. The Bertz CT molecular complexity index is 1050. The molecule has 1 spiro atoms. The molecule has 0 amide bonds. The molecule has 9 nitrogen and oxygen atoms in total. The Balaban J connectivity index is 1.73. The van der Waals surface area contributed by atoms with Crippen molar-refractivity contribution in [3.8, 4) is 0 Å². The summed E-state index contributed by atoms with van der Waals surface area (Å²) in [7, 11) is 1.47. The van der Waals surface area contributed by atoms with Gasteiger partial charge in [0.05, 0.1) is 23.3 Å². The number of nitrogens with zero attached hydrogens (tertiary/aromatic N) is 1. The van der Waals surface area contributed by atoms with Gasteiger partial charge < -0.3 is 29.2 Å². The molecule has 1 aliphatic carbocycles. The van der Waals surface area contributed by atoms with Gasteiger partial charge in [0.25, 0.3) is 0 Å².